The van der Waals surface area contributed by atoms with E-state index in [2.05, 4.69) is 25.5 Å². The molecule has 1 aliphatic heterocycles. The van der Waals surface area contributed by atoms with Gasteiger partial charge in [-0.3, -0.25) is 9.89 Å². The SMILES string of the molecule is O=C(N1CC=C(c2cc3c(Nc4ccc5[nH]ncc5c4)ccnc3[nH]2)CC1)C(F)(F)F. The first-order valence-corrected chi connectivity index (χ1v) is 9.62. The van der Waals surface area contributed by atoms with Gasteiger partial charge in [0.2, 0.25) is 0 Å². The number of amides is 1. The van der Waals surface area contributed by atoms with Crippen LogP contribution in [0, 0.1) is 0 Å². The second-order valence-electron chi connectivity index (χ2n) is 7.33. The number of nitrogens with zero attached hydrogens (tertiary/aromatic N) is 3. The average molecular weight is 426 g/mol. The highest BCUT2D eigenvalue weighted by Gasteiger charge is 2.42. The second kappa shape index (κ2) is 7.15. The van der Waals surface area contributed by atoms with Gasteiger partial charge in [-0.2, -0.15) is 18.3 Å². The lowest BCUT2D eigenvalue weighted by Gasteiger charge is -2.26. The molecule has 158 valence electrons. The number of hydrogen-bond donors (Lipinski definition) is 3. The minimum atomic E-state index is -4.85. The number of carbonyl (C=O) groups is 1. The molecule has 3 aromatic heterocycles. The summed E-state index contributed by atoms with van der Waals surface area (Å²) in [5.74, 6) is -1.80. The number of nitrogens with one attached hydrogen (secondary N) is 3. The zero-order valence-corrected chi connectivity index (χ0v) is 16.1. The van der Waals surface area contributed by atoms with Gasteiger partial charge in [0, 0.05) is 41.4 Å². The lowest BCUT2D eigenvalue weighted by Crippen LogP contribution is -2.43. The number of halogens is 3. The predicted molar refractivity (Wildman–Crippen MR) is 111 cm³/mol. The Morgan fingerprint density at radius 2 is 2.06 bits per heavy atom. The van der Waals surface area contributed by atoms with Crippen molar-refractivity contribution in [1.82, 2.24) is 25.1 Å². The fraction of sp³-hybridized carbons (Fsp3) is 0.190. The molecule has 1 aliphatic rings. The lowest BCUT2D eigenvalue weighted by molar-refractivity contribution is -0.185. The van der Waals surface area contributed by atoms with Crippen molar-refractivity contribution in [2.24, 2.45) is 0 Å². The Morgan fingerprint density at radius 3 is 2.84 bits per heavy atom. The van der Waals surface area contributed by atoms with Crippen LogP contribution in [0.2, 0.25) is 0 Å². The molecule has 0 spiro atoms. The number of aromatic amines is 2. The van der Waals surface area contributed by atoms with Gasteiger partial charge in [-0.1, -0.05) is 6.08 Å². The third-order valence-electron chi connectivity index (χ3n) is 5.34. The number of anilines is 2. The van der Waals surface area contributed by atoms with E-state index in [9.17, 15) is 18.0 Å². The van der Waals surface area contributed by atoms with Crippen LogP contribution in [0.5, 0.6) is 0 Å². The van der Waals surface area contributed by atoms with Crippen LogP contribution >= 0.6 is 0 Å². The maximum atomic E-state index is 12.6. The summed E-state index contributed by atoms with van der Waals surface area (Å²) < 4.78 is 37.9. The standard InChI is InChI=1S/C21H17F3N6O/c22-21(23,24)20(31)30-7-4-12(5-8-30)18-10-15-17(3-6-25-19(15)28-18)27-14-1-2-16-13(9-14)11-26-29-16/h1-4,6,9-11H,5,7-8H2,(H,26,29)(H2,25,27,28). The number of alkyl halides is 3. The summed E-state index contributed by atoms with van der Waals surface area (Å²) in [6.45, 7) is -0.0604. The molecule has 10 heteroatoms. The first kappa shape index (κ1) is 19.2. The molecule has 0 bridgehead atoms. The minimum Gasteiger partial charge on any atom is -0.355 e. The summed E-state index contributed by atoms with van der Waals surface area (Å²) >= 11 is 0. The Labute approximate surface area is 174 Å². The highest BCUT2D eigenvalue weighted by Crippen LogP contribution is 2.31. The van der Waals surface area contributed by atoms with Gasteiger partial charge in [-0.25, -0.2) is 4.98 Å². The summed E-state index contributed by atoms with van der Waals surface area (Å²) in [4.78, 5) is 19.8. The molecule has 4 heterocycles. The van der Waals surface area contributed by atoms with Crippen molar-refractivity contribution in [3.8, 4) is 0 Å². The molecule has 1 amide bonds. The molecule has 4 aromatic rings. The van der Waals surface area contributed by atoms with Crippen molar-refractivity contribution in [3.63, 3.8) is 0 Å². The van der Waals surface area contributed by atoms with E-state index in [0.717, 1.165) is 43.8 Å². The maximum Gasteiger partial charge on any atom is 0.471 e. The quantitative estimate of drug-likeness (QED) is 0.454. The topological polar surface area (TPSA) is 89.7 Å². The normalized spacial score (nSPS) is 14.8. The number of hydrogen-bond acceptors (Lipinski definition) is 4. The first-order valence-electron chi connectivity index (χ1n) is 9.62. The van der Waals surface area contributed by atoms with E-state index in [4.69, 9.17) is 0 Å². The van der Waals surface area contributed by atoms with E-state index >= 15 is 0 Å². The highest BCUT2D eigenvalue weighted by atomic mass is 19.4. The summed E-state index contributed by atoms with van der Waals surface area (Å²) in [5, 5.41) is 12.2. The minimum absolute atomic E-state index is 0.0167. The molecule has 31 heavy (non-hydrogen) atoms. The largest absolute Gasteiger partial charge is 0.471 e. The van der Waals surface area contributed by atoms with Gasteiger partial charge in [0.15, 0.2) is 0 Å². The molecule has 0 saturated carbocycles. The molecule has 0 radical (unpaired) electrons. The Morgan fingerprint density at radius 1 is 1.19 bits per heavy atom. The van der Waals surface area contributed by atoms with E-state index in [1.165, 1.54) is 0 Å². The van der Waals surface area contributed by atoms with Gasteiger partial charge in [-0.15, -0.1) is 0 Å². The molecule has 0 fully saturated rings. The second-order valence-corrected chi connectivity index (χ2v) is 7.33. The molecule has 1 aromatic carbocycles. The van der Waals surface area contributed by atoms with E-state index in [1.807, 2.05) is 30.3 Å². The third-order valence-corrected chi connectivity index (χ3v) is 5.34. The molecular weight excluding hydrogens is 409 g/mol. The van der Waals surface area contributed by atoms with Gasteiger partial charge in [0.25, 0.3) is 0 Å². The van der Waals surface area contributed by atoms with E-state index in [1.54, 1.807) is 18.5 Å². The highest BCUT2D eigenvalue weighted by molar-refractivity contribution is 5.95. The predicted octanol–water partition coefficient (Wildman–Crippen LogP) is 4.36. The van der Waals surface area contributed by atoms with Crippen molar-refractivity contribution in [1.29, 1.82) is 0 Å². The van der Waals surface area contributed by atoms with Gasteiger partial charge in [0.1, 0.15) is 5.65 Å². The van der Waals surface area contributed by atoms with Crippen LogP contribution in [-0.2, 0) is 4.79 Å². The molecule has 7 nitrogen and oxygen atoms in total. The molecular formula is C21H17F3N6O. The molecule has 0 aliphatic carbocycles. The average Bonchev–Trinajstić information content (AvgIpc) is 3.40. The number of benzene rings is 1. The Hall–Kier alpha value is -3.82. The first-order chi connectivity index (χ1) is 14.9. The Balaban J connectivity index is 1.41. The van der Waals surface area contributed by atoms with Crippen LogP contribution in [0.1, 0.15) is 12.1 Å². The number of fused-ring (bicyclic) bond motifs is 2. The van der Waals surface area contributed by atoms with Gasteiger partial charge >= 0.3 is 12.1 Å². The summed E-state index contributed by atoms with van der Waals surface area (Å²) in [6.07, 6.45) is 0.558. The number of carbonyl (C=O) groups excluding carboxylic acids is 1. The van der Waals surface area contributed by atoms with Crippen LogP contribution in [0.3, 0.4) is 0 Å². The Bertz CT molecular complexity index is 1320. The van der Waals surface area contributed by atoms with Gasteiger partial charge in [-0.05, 0) is 42.3 Å². The maximum absolute atomic E-state index is 12.6. The van der Waals surface area contributed by atoms with Gasteiger partial charge < -0.3 is 15.2 Å². The summed E-state index contributed by atoms with van der Waals surface area (Å²) in [7, 11) is 0. The fourth-order valence-electron chi connectivity index (χ4n) is 3.76. The molecule has 0 saturated heterocycles. The van der Waals surface area contributed by atoms with Crippen LogP contribution in [0.25, 0.3) is 27.5 Å². The van der Waals surface area contributed by atoms with Crippen molar-refractivity contribution < 1.29 is 18.0 Å². The third kappa shape index (κ3) is 3.60. The number of H-pyrrole nitrogens is 2. The van der Waals surface area contributed by atoms with Crippen molar-refractivity contribution in [2.75, 3.05) is 18.4 Å². The summed E-state index contributed by atoms with van der Waals surface area (Å²) in [6, 6.07) is 9.64. The number of rotatable bonds is 3. The molecule has 3 N–H and O–H groups in total. The number of pyridine rings is 1. The fourth-order valence-corrected chi connectivity index (χ4v) is 3.76. The van der Waals surface area contributed by atoms with E-state index in [-0.39, 0.29) is 13.1 Å². The molecule has 5 rings (SSSR count). The van der Waals surface area contributed by atoms with Crippen molar-refractivity contribution in [2.45, 2.75) is 12.6 Å². The summed E-state index contributed by atoms with van der Waals surface area (Å²) in [5.41, 5.74) is 4.98. The number of aromatic nitrogens is 4. The molecule has 0 atom stereocenters. The van der Waals surface area contributed by atoms with Gasteiger partial charge in [0.05, 0.1) is 17.4 Å². The van der Waals surface area contributed by atoms with Crippen molar-refractivity contribution >= 4 is 44.8 Å². The Kier molecular flexibility index (Phi) is 4.42. The van der Waals surface area contributed by atoms with E-state index < -0.39 is 12.1 Å². The monoisotopic (exact) mass is 426 g/mol. The van der Waals surface area contributed by atoms with Crippen LogP contribution in [0.4, 0.5) is 24.5 Å². The van der Waals surface area contributed by atoms with Crippen LogP contribution in [0.15, 0.2) is 48.8 Å². The van der Waals surface area contributed by atoms with Crippen LogP contribution < -0.4 is 5.32 Å². The zero-order chi connectivity index (χ0) is 21.6. The smallest absolute Gasteiger partial charge is 0.355 e. The van der Waals surface area contributed by atoms with Crippen LogP contribution in [-0.4, -0.2) is 50.2 Å². The molecule has 0 unspecified atom stereocenters. The van der Waals surface area contributed by atoms with E-state index in [0.29, 0.717) is 12.1 Å². The van der Waals surface area contributed by atoms with Crippen molar-refractivity contribution in [3.05, 3.63) is 54.5 Å². The zero-order valence-electron chi connectivity index (χ0n) is 16.1. The lowest BCUT2D eigenvalue weighted by atomic mass is 10.0.